The molecule has 2 aliphatic carbocycles. The van der Waals surface area contributed by atoms with Crippen LogP contribution in [0.3, 0.4) is 0 Å². The molecule has 5 heteroatoms. The number of aliphatic hydroxyl groups excluding tert-OH is 1. The van der Waals surface area contributed by atoms with Crippen LogP contribution < -0.4 is 0 Å². The van der Waals surface area contributed by atoms with Crippen molar-refractivity contribution < 1.29 is 13.9 Å². The van der Waals surface area contributed by atoms with Gasteiger partial charge in [0.15, 0.2) is 0 Å². The van der Waals surface area contributed by atoms with Crippen LogP contribution in [0.1, 0.15) is 37.4 Å². The highest BCUT2D eigenvalue weighted by Gasteiger charge is 2.42. The molecule has 2 bridgehead atoms. The van der Waals surface area contributed by atoms with E-state index in [9.17, 15) is 13.9 Å². The maximum absolute atomic E-state index is 13.8. The minimum absolute atomic E-state index is 0.0607. The molecule has 0 amide bonds. The first-order valence-electron chi connectivity index (χ1n) is 9.19. The minimum Gasteiger partial charge on any atom is -0.387 e. The van der Waals surface area contributed by atoms with Crippen LogP contribution in [0.2, 0.25) is 0 Å². The van der Waals surface area contributed by atoms with Gasteiger partial charge in [-0.25, -0.2) is 8.78 Å². The Balaban J connectivity index is 1.31. The molecule has 0 aromatic heterocycles. The Hall–Kier alpha value is -1.04. The van der Waals surface area contributed by atoms with Crippen molar-refractivity contribution in [3.63, 3.8) is 0 Å². The zero-order valence-corrected chi connectivity index (χ0v) is 14.0. The van der Waals surface area contributed by atoms with Crippen molar-refractivity contribution in [2.75, 3.05) is 32.7 Å². The van der Waals surface area contributed by atoms with Gasteiger partial charge in [-0.1, -0.05) is 6.42 Å². The summed E-state index contributed by atoms with van der Waals surface area (Å²) in [5.41, 5.74) is 0.0607. The summed E-state index contributed by atoms with van der Waals surface area (Å²) in [4.78, 5) is 4.79. The van der Waals surface area contributed by atoms with Crippen molar-refractivity contribution >= 4 is 0 Å². The number of nitrogens with zero attached hydrogens (tertiary/aromatic N) is 2. The summed E-state index contributed by atoms with van der Waals surface area (Å²) in [5, 5.41) is 10.3. The number of piperazine rings is 1. The molecule has 1 saturated heterocycles. The van der Waals surface area contributed by atoms with Gasteiger partial charge in [0.2, 0.25) is 0 Å². The highest BCUT2D eigenvalue weighted by molar-refractivity contribution is 5.21. The monoisotopic (exact) mass is 336 g/mol. The van der Waals surface area contributed by atoms with Crippen LogP contribution in [0.15, 0.2) is 18.2 Å². The lowest BCUT2D eigenvalue weighted by atomic mass is 9.93. The second kappa shape index (κ2) is 6.70. The quantitative estimate of drug-likeness (QED) is 0.916. The van der Waals surface area contributed by atoms with E-state index >= 15 is 0 Å². The SMILES string of the molecule is OC(CN1CCN(C2CC3CCC2C3)CC1)c1cc(F)ccc1F. The molecular formula is C19H26F2N2O. The lowest BCUT2D eigenvalue weighted by molar-refractivity contribution is 0.0420. The number of rotatable bonds is 4. The molecule has 3 fully saturated rings. The molecule has 0 radical (unpaired) electrons. The molecule has 1 N–H and O–H groups in total. The van der Waals surface area contributed by atoms with Crippen LogP contribution in [0, 0.1) is 23.5 Å². The number of hydrogen-bond acceptors (Lipinski definition) is 3. The van der Waals surface area contributed by atoms with Gasteiger partial charge in [0.25, 0.3) is 0 Å². The molecule has 132 valence electrons. The standard InChI is InChI=1S/C19H26F2N2O/c20-15-3-4-17(21)16(11-15)19(24)12-22-5-7-23(8-6-22)18-10-13-1-2-14(18)9-13/h3-4,11,13-14,18-19,24H,1-2,5-10,12H2. The predicted molar refractivity (Wildman–Crippen MR) is 88.6 cm³/mol. The molecule has 3 aliphatic rings. The molecule has 24 heavy (non-hydrogen) atoms. The first kappa shape index (κ1) is 16.4. The van der Waals surface area contributed by atoms with Crippen molar-refractivity contribution in [2.45, 2.75) is 37.8 Å². The molecule has 4 atom stereocenters. The van der Waals surface area contributed by atoms with Crippen LogP contribution in [0.25, 0.3) is 0 Å². The van der Waals surface area contributed by atoms with Gasteiger partial charge < -0.3 is 5.11 Å². The first-order chi connectivity index (χ1) is 11.6. The summed E-state index contributed by atoms with van der Waals surface area (Å²) in [7, 11) is 0. The lowest BCUT2D eigenvalue weighted by Gasteiger charge is -2.41. The molecular weight excluding hydrogens is 310 g/mol. The van der Waals surface area contributed by atoms with E-state index in [0.29, 0.717) is 6.54 Å². The van der Waals surface area contributed by atoms with Crippen LogP contribution in [-0.4, -0.2) is 53.7 Å². The average Bonchev–Trinajstić information content (AvgIpc) is 3.21. The highest BCUT2D eigenvalue weighted by Crippen LogP contribution is 2.46. The topological polar surface area (TPSA) is 26.7 Å². The van der Waals surface area contributed by atoms with E-state index in [0.717, 1.165) is 62.3 Å². The summed E-state index contributed by atoms with van der Waals surface area (Å²) in [6, 6.07) is 4.03. The third kappa shape index (κ3) is 3.22. The molecule has 1 aliphatic heterocycles. The second-order valence-electron chi connectivity index (χ2n) is 7.76. The lowest BCUT2D eigenvalue weighted by Crippen LogP contribution is -2.52. The summed E-state index contributed by atoms with van der Waals surface area (Å²) >= 11 is 0. The number of hydrogen-bond donors (Lipinski definition) is 1. The number of β-amino-alcohol motifs (C(OH)–C–C–N with tert-alkyl or cyclic N) is 1. The van der Waals surface area contributed by atoms with E-state index in [1.54, 1.807) is 0 Å². The van der Waals surface area contributed by atoms with E-state index in [4.69, 9.17) is 0 Å². The first-order valence-corrected chi connectivity index (χ1v) is 9.19. The van der Waals surface area contributed by atoms with Crippen LogP contribution in [0.4, 0.5) is 8.78 Å². The normalized spacial score (nSPS) is 32.4. The largest absolute Gasteiger partial charge is 0.387 e. The number of benzene rings is 1. The summed E-state index contributed by atoms with van der Waals surface area (Å²) < 4.78 is 27.1. The molecule has 4 unspecified atom stereocenters. The van der Waals surface area contributed by atoms with E-state index in [-0.39, 0.29) is 5.56 Å². The van der Waals surface area contributed by atoms with Crippen LogP contribution >= 0.6 is 0 Å². The molecule has 1 aromatic carbocycles. The molecule has 1 aromatic rings. The van der Waals surface area contributed by atoms with Crippen molar-refractivity contribution in [1.29, 1.82) is 0 Å². The minimum atomic E-state index is -0.977. The molecule has 0 spiro atoms. The summed E-state index contributed by atoms with van der Waals surface area (Å²) in [6.07, 6.45) is 4.62. The maximum Gasteiger partial charge on any atom is 0.129 e. The Bertz CT molecular complexity index is 589. The third-order valence-corrected chi connectivity index (χ3v) is 6.32. The molecule has 3 nitrogen and oxygen atoms in total. The van der Waals surface area contributed by atoms with Gasteiger partial charge in [0.05, 0.1) is 6.10 Å². The van der Waals surface area contributed by atoms with Gasteiger partial charge in [-0.15, -0.1) is 0 Å². The fraction of sp³-hybridized carbons (Fsp3) is 0.684. The van der Waals surface area contributed by atoms with Crippen molar-refractivity contribution in [3.8, 4) is 0 Å². The Morgan fingerprint density at radius 1 is 1.08 bits per heavy atom. The van der Waals surface area contributed by atoms with Gasteiger partial charge in [-0.3, -0.25) is 9.80 Å². The van der Waals surface area contributed by atoms with Gasteiger partial charge in [-0.2, -0.15) is 0 Å². The Morgan fingerprint density at radius 2 is 1.88 bits per heavy atom. The fourth-order valence-electron chi connectivity index (χ4n) is 5.05. The van der Waals surface area contributed by atoms with E-state index in [1.165, 1.54) is 25.7 Å². The Morgan fingerprint density at radius 3 is 2.54 bits per heavy atom. The van der Waals surface area contributed by atoms with E-state index < -0.39 is 17.7 Å². The number of fused-ring (bicyclic) bond motifs is 2. The van der Waals surface area contributed by atoms with Gasteiger partial charge in [-0.05, 0) is 49.3 Å². The smallest absolute Gasteiger partial charge is 0.129 e. The maximum atomic E-state index is 13.8. The average molecular weight is 336 g/mol. The molecule has 1 heterocycles. The van der Waals surface area contributed by atoms with Gasteiger partial charge >= 0.3 is 0 Å². The van der Waals surface area contributed by atoms with Crippen LogP contribution in [-0.2, 0) is 0 Å². The van der Waals surface area contributed by atoms with Gasteiger partial charge in [0.1, 0.15) is 11.6 Å². The number of halogens is 2. The molecule has 4 rings (SSSR count). The van der Waals surface area contributed by atoms with Crippen LogP contribution in [0.5, 0.6) is 0 Å². The van der Waals surface area contributed by atoms with Crippen molar-refractivity contribution in [2.24, 2.45) is 11.8 Å². The zero-order valence-electron chi connectivity index (χ0n) is 14.0. The van der Waals surface area contributed by atoms with E-state index in [1.807, 2.05) is 0 Å². The van der Waals surface area contributed by atoms with Crippen molar-refractivity contribution in [3.05, 3.63) is 35.4 Å². The Kier molecular flexibility index (Phi) is 4.58. The van der Waals surface area contributed by atoms with Gasteiger partial charge in [0, 0.05) is 44.3 Å². The van der Waals surface area contributed by atoms with E-state index in [2.05, 4.69) is 9.80 Å². The third-order valence-electron chi connectivity index (χ3n) is 6.32. The fourth-order valence-corrected chi connectivity index (χ4v) is 5.05. The summed E-state index contributed by atoms with van der Waals surface area (Å²) in [5.74, 6) is 0.806. The zero-order chi connectivity index (χ0) is 16.7. The molecule has 2 saturated carbocycles. The number of aliphatic hydroxyl groups is 1. The summed E-state index contributed by atoms with van der Waals surface area (Å²) in [6.45, 7) is 4.19. The predicted octanol–water partition coefficient (Wildman–Crippen LogP) is 2.80. The Labute approximate surface area is 142 Å². The van der Waals surface area contributed by atoms with Crippen molar-refractivity contribution in [1.82, 2.24) is 9.80 Å². The highest BCUT2D eigenvalue weighted by atomic mass is 19.1. The second-order valence-corrected chi connectivity index (χ2v) is 7.76.